The van der Waals surface area contributed by atoms with Gasteiger partial charge in [-0.15, -0.1) is 0 Å². The summed E-state index contributed by atoms with van der Waals surface area (Å²) in [7, 11) is -9.92. The minimum Gasteiger partial charge on any atom is -0.462 e. The smallest absolute Gasteiger partial charge is 0.462 e. The van der Waals surface area contributed by atoms with Crippen LogP contribution < -0.4 is 0 Å². The summed E-state index contributed by atoms with van der Waals surface area (Å²) in [6, 6.07) is 0. The summed E-state index contributed by atoms with van der Waals surface area (Å²) >= 11 is 0. The quantitative estimate of drug-likeness (QED) is 0.0222. The summed E-state index contributed by atoms with van der Waals surface area (Å²) in [4.78, 5) is 73.2. The fraction of sp³-hybridized carbons (Fsp3) is 0.952. The maximum absolute atomic E-state index is 13.1. The molecule has 3 N–H and O–H groups in total. The number of hydrogen-bond donors (Lipinski definition) is 3. The first-order chi connectivity index (χ1) is 49.4. The topological polar surface area (TPSA) is 237 Å². The third kappa shape index (κ3) is 73.6. The van der Waals surface area contributed by atoms with Gasteiger partial charge < -0.3 is 33.8 Å². The number of carbonyl (C=O) groups excluding carboxylic acids is 4. The average molecular weight is 1490 g/mol. The zero-order valence-electron chi connectivity index (χ0n) is 66.9. The molecule has 4 unspecified atom stereocenters. The van der Waals surface area contributed by atoms with Crippen molar-refractivity contribution in [3.05, 3.63) is 0 Å². The number of unbranched alkanes of at least 4 members (excludes halogenated alkanes) is 50. The maximum Gasteiger partial charge on any atom is 0.472 e. The van der Waals surface area contributed by atoms with E-state index in [1.54, 1.807) is 0 Å². The number of ether oxygens (including phenoxy) is 4. The van der Waals surface area contributed by atoms with Crippen molar-refractivity contribution < 1.29 is 80.2 Å². The Balaban J connectivity index is 5.26. The first-order valence-corrected chi connectivity index (χ1v) is 46.1. The van der Waals surface area contributed by atoms with E-state index in [1.165, 1.54) is 257 Å². The number of phosphoric ester groups is 2. The lowest BCUT2D eigenvalue weighted by Gasteiger charge is -2.21. The van der Waals surface area contributed by atoms with Crippen LogP contribution in [0.2, 0.25) is 0 Å². The van der Waals surface area contributed by atoms with Gasteiger partial charge in [0.2, 0.25) is 0 Å². The average Bonchev–Trinajstić information content (AvgIpc) is 1.47. The second-order valence-electron chi connectivity index (χ2n) is 30.4. The van der Waals surface area contributed by atoms with Crippen LogP contribution >= 0.6 is 15.6 Å². The molecule has 0 radical (unpaired) electrons. The van der Waals surface area contributed by atoms with E-state index in [4.69, 9.17) is 37.0 Å². The number of rotatable bonds is 82. The van der Waals surface area contributed by atoms with Crippen molar-refractivity contribution in [3.8, 4) is 0 Å². The molecule has 0 spiro atoms. The van der Waals surface area contributed by atoms with Gasteiger partial charge in [-0.25, -0.2) is 9.13 Å². The second kappa shape index (κ2) is 74.5. The molecule has 0 fully saturated rings. The molecular weight excluding hydrogens is 1330 g/mol. The van der Waals surface area contributed by atoms with Gasteiger partial charge in [-0.2, -0.15) is 0 Å². The Bertz CT molecular complexity index is 1960. The zero-order chi connectivity index (χ0) is 74.9. The Labute approximate surface area is 626 Å². The number of aliphatic hydroxyl groups excluding tert-OH is 1. The minimum absolute atomic E-state index is 0.106. The SMILES string of the molecule is CCCCCCCCCCCCCCCCCCCCC(=O)OC[C@H](COP(=O)(O)OC[C@@H](O)COP(=O)(O)OC[C@@H](COC(=O)CCCCCCCCCCC(C)CC)OC(=O)CCCCCCCCCCCCC(C)CC)OC(=O)CCCCCCCCCCCCCCCCCCCC. The van der Waals surface area contributed by atoms with Gasteiger partial charge in [-0.05, 0) is 37.5 Å². The highest BCUT2D eigenvalue weighted by Gasteiger charge is 2.30. The lowest BCUT2D eigenvalue weighted by molar-refractivity contribution is -0.161. The molecule has 0 aliphatic rings. The third-order valence-electron chi connectivity index (χ3n) is 20.2. The molecular formula is C83H162O17P2. The maximum atomic E-state index is 13.1. The zero-order valence-corrected chi connectivity index (χ0v) is 68.7. The molecule has 0 rings (SSSR count). The van der Waals surface area contributed by atoms with Gasteiger partial charge >= 0.3 is 39.5 Å². The van der Waals surface area contributed by atoms with Crippen LogP contribution in [0.5, 0.6) is 0 Å². The van der Waals surface area contributed by atoms with E-state index in [9.17, 15) is 43.2 Å². The highest BCUT2D eigenvalue weighted by Crippen LogP contribution is 2.45. The van der Waals surface area contributed by atoms with Crippen LogP contribution in [0, 0.1) is 11.8 Å². The predicted molar refractivity (Wildman–Crippen MR) is 418 cm³/mol. The van der Waals surface area contributed by atoms with Gasteiger partial charge in [-0.3, -0.25) is 37.3 Å². The molecule has 0 bridgehead atoms. The summed E-state index contributed by atoms with van der Waals surface area (Å²) in [5.41, 5.74) is 0. The predicted octanol–water partition coefficient (Wildman–Crippen LogP) is 25.1. The van der Waals surface area contributed by atoms with Gasteiger partial charge in [0.15, 0.2) is 12.2 Å². The summed E-state index contributed by atoms with van der Waals surface area (Å²) in [5, 5.41) is 10.7. The molecule has 0 aromatic rings. The molecule has 7 atom stereocenters. The molecule has 102 heavy (non-hydrogen) atoms. The monoisotopic (exact) mass is 1490 g/mol. The van der Waals surface area contributed by atoms with Crippen molar-refractivity contribution in [2.45, 2.75) is 458 Å². The van der Waals surface area contributed by atoms with Crippen molar-refractivity contribution in [2.75, 3.05) is 39.6 Å². The summed E-state index contributed by atoms with van der Waals surface area (Å²) < 4.78 is 68.8. The van der Waals surface area contributed by atoms with Gasteiger partial charge in [0.05, 0.1) is 26.4 Å². The Morgan fingerprint density at radius 2 is 0.471 bits per heavy atom. The standard InChI is InChI=1S/C83H162O17P2/c1-7-11-13-15-17-19-21-23-25-27-29-31-33-35-40-47-53-59-65-80(85)93-71-78(99-82(87)67-61-55-49-41-36-34-32-30-28-26-24-22-20-18-16-14-12-8-2)73-97-101(89,90)95-69-77(84)70-96-102(91,92)98-74-79(72-94-81(86)66-60-54-48-44-43-46-52-58-64-76(6)10-4)100-83(88)68-62-56-50-42-38-37-39-45-51-57-63-75(5)9-3/h75-79,84H,7-74H2,1-6H3,(H,89,90)(H,91,92)/t75?,76?,77-,78-,79-/m1/s1. The van der Waals surface area contributed by atoms with Gasteiger partial charge in [-0.1, -0.05) is 388 Å². The van der Waals surface area contributed by atoms with E-state index < -0.39 is 97.5 Å². The van der Waals surface area contributed by atoms with Crippen molar-refractivity contribution in [3.63, 3.8) is 0 Å². The van der Waals surface area contributed by atoms with E-state index in [0.717, 1.165) is 102 Å². The minimum atomic E-state index is -4.96. The van der Waals surface area contributed by atoms with Gasteiger partial charge in [0.1, 0.15) is 19.3 Å². The highest BCUT2D eigenvalue weighted by molar-refractivity contribution is 7.47. The largest absolute Gasteiger partial charge is 0.472 e. The first kappa shape index (κ1) is 100. The van der Waals surface area contributed by atoms with Crippen LogP contribution in [0.25, 0.3) is 0 Å². The lowest BCUT2D eigenvalue weighted by Crippen LogP contribution is -2.30. The van der Waals surface area contributed by atoms with E-state index in [1.807, 2.05) is 0 Å². The van der Waals surface area contributed by atoms with Crippen LogP contribution in [0.4, 0.5) is 0 Å². The molecule has 0 aliphatic heterocycles. The van der Waals surface area contributed by atoms with Gasteiger partial charge in [0.25, 0.3) is 0 Å². The first-order valence-electron chi connectivity index (χ1n) is 43.1. The molecule has 0 aromatic carbocycles. The lowest BCUT2D eigenvalue weighted by atomic mass is 9.99. The number of phosphoric acid groups is 2. The summed E-state index contributed by atoms with van der Waals surface area (Å²) in [6.07, 6.45) is 65.1. The van der Waals surface area contributed by atoms with Crippen LogP contribution in [0.3, 0.4) is 0 Å². The normalized spacial score (nSPS) is 14.4. The van der Waals surface area contributed by atoms with Crippen molar-refractivity contribution >= 4 is 39.5 Å². The van der Waals surface area contributed by atoms with E-state index in [0.29, 0.717) is 25.7 Å². The molecule has 19 heteroatoms. The second-order valence-corrected chi connectivity index (χ2v) is 33.3. The van der Waals surface area contributed by atoms with E-state index in [2.05, 4.69) is 41.5 Å². The fourth-order valence-corrected chi connectivity index (χ4v) is 14.4. The molecule has 0 heterocycles. The van der Waals surface area contributed by atoms with Gasteiger partial charge in [0, 0.05) is 25.7 Å². The van der Waals surface area contributed by atoms with Crippen molar-refractivity contribution in [1.29, 1.82) is 0 Å². The molecule has 0 saturated carbocycles. The Morgan fingerprint density at radius 1 is 0.275 bits per heavy atom. The molecule has 606 valence electrons. The molecule has 0 aromatic heterocycles. The van der Waals surface area contributed by atoms with Crippen molar-refractivity contribution in [2.24, 2.45) is 11.8 Å². The molecule has 0 saturated heterocycles. The Hall–Kier alpha value is -1.94. The third-order valence-corrected chi connectivity index (χ3v) is 22.1. The van der Waals surface area contributed by atoms with E-state index in [-0.39, 0.29) is 25.7 Å². The number of carbonyl (C=O) groups is 4. The Kier molecular flexibility index (Phi) is 73.1. The fourth-order valence-electron chi connectivity index (χ4n) is 12.8. The van der Waals surface area contributed by atoms with Crippen LogP contribution in [0.15, 0.2) is 0 Å². The number of esters is 4. The van der Waals surface area contributed by atoms with Crippen LogP contribution in [-0.2, 0) is 65.4 Å². The van der Waals surface area contributed by atoms with Crippen molar-refractivity contribution in [1.82, 2.24) is 0 Å². The number of aliphatic hydroxyl groups is 1. The summed E-state index contributed by atoms with van der Waals surface area (Å²) in [5.74, 6) is -0.525. The molecule has 0 aliphatic carbocycles. The summed E-state index contributed by atoms with van der Waals surface area (Å²) in [6.45, 7) is 9.68. The van der Waals surface area contributed by atoms with Crippen LogP contribution in [0.1, 0.15) is 440 Å². The number of hydrogen-bond acceptors (Lipinski definition) is 15. The van der Waals surface area contributed by atoms with Crippen LogP contribution in [-0.4, -0.2) is 96.7 Å². The Morgan fingerprint density at radius 3 is 0.696 bits per heavy atom. The van der Waals surface area contributed by atoms with E-state index >= 15 is 0 Å². The highest BCUT2D eigenvalue weighted by atomic mass is 31.2. The molecule has 17 nitrogen and oxygen atoms in total. The molecule has 0 amide bonds.